The zero-order valence-electron chi connectivity index (χ0n) is 26.9. The molecular formula is C38H37F5N2O4. The summed E-state index contributed by atoms with van der Waals surface area (Å²) in [5.74, 6) is -12.5. The maximum Gasteiger partial charge on any atom is 0.257 e. The SMILES string of the molecule is C[C@@H]1[C@H](CN2CCCCC2)O[C@H](c2cccc(-c3cccc(CNC(=O)c4c(F)c(F)c(F)c(F)c4F)c3)c2)O[C@@H]1c1ccc(CO)cc1. The first-order valence-electron chi connectivity index (χ1n) is 16.4. The fraction of sp³-hybridized carbons (Fsp3) is 0.342. The summed E-state index contributed by atoms with van der Waals surface area (Å²) in [5.41, 5.74) is 3.18. The molecule has 2 aliphatic heterocycles. The van der Waals surface area contributed by atoms with Crippen LogP contribution in [0.15, 0.2) is 72.8 Å². The highest BCUT2D eigenvalue weighted by atomic mass is 19.2. The first-order chi connectivity index (χ1) is 23.6. The van der Waals surface area contributed by atoms with Crippen LogP contribution < -0.4 is 5.32 Å². The van der Waals surface area contributed by atoms with Crippen molar-refractivity contribution in [1.29, 1.82) is 0 Å². The number of hydrogen-bond donors (Lipinski definition) is 2. The average Bonchev–Trinajstić information content (AvgIpc) is 3.14. The van der Waals surface area contributed by atoms with E-state index in [0.717, 1.165) is 60.3 Å². The van der Waals surface area contributed by atoms with Gasteiger partial charge in [-0.2, -0.15) is 0 Å². The number of carbonyl (C=O) groups is 1. The van der Waals surface area contributed by atoms with Gasteiger partial charge in [-0.1, -0.05) is 74.0 Å². The summed E-state index contributed by atoms with van der Waals surface area (Å²) in [6, 6.07) is 22.4. The van der Waals surface area contributed by atoms with Crippen molar-refractivity contribution < 1.29 is 41.3 Å². The lowest BCUT2D eigenvalue weighted by atomic mass is 9.89. The van der Waals surface area contributed by atoms with Crippen LogP contribution in [-0.4, -0.2) is 41.7 Å². The second-order valence-electron chi connectivity index (χ2n) is 12.6. The van der Waals surface area contributed by atoms with Crippen LogP contribution in [0.25, 0.3) is 11.1 Å². The molecular weight excluding hydrogens is 643 g/mol. The molecule has 2 fully saturated rings. The molecule has 0 bridgehead atoms. The summed E-state index contributed by atoms with van der Waals surface area (Å²) in [5, 5.41) is 11.8. The zero-order valence-corrected chi connectivity index (χ0v) is 26.9. The monoisotopic (exact) mass is 680 g/mol. The summed E-state index contributed by atoms with van der Waals surface area (Å²) in [7, 11) is 0. The predicted molar refractivity (Wildman–Crippen MR) is 173 cm³/mol. The molecule has 4 atom stereocenters. The smallest absolute Gasteiger partial charge is 0.257 e. The van der Waals surface area contributed by atoms with Gasteiger partial charge < -0.3 is 24.8 Å². The van der Waals surface area contributed by atoms with E-state index in [-0.39, 0.29) is 31.3 Å². The molecule has 0 aliphatic carbocycles. The quantitative estimate of drug-likeness (QED) is 0.108. The zero-order chi connectivity index (χ0) is 34.7. The third kappa shape index (κ3) is 7.55. The number of piperidine rings is 1. The van der Waals surface area contributed by atoms with Gasteiger partial charge in [0.05, 0.1) is 18.8 Å². The van der Waals surface area contributed by atoms with Crippen molar-refractivity contribution in [2.75, 3.05) is 19.6 Å². The summed E-state index contributed by atoms with van der Waals surface area (Å²) >= 11 is 0. The molecule has 2 heterocycles. The van der Waals surface area contributed by atoms with E-state index < -0.39 is 46.8 Å². The third-order valence-electron chi connectivity index (χ3n) is 9.32. The standard InChI is InChI=1S/C38H37F5N2O4/c1-22-29(20-45-15-3-2-4-16-45)48-38(49-36(22)25-13-11-23(21-46)12-14-25)28-10-6-9-27(18-28)26-8-5-7-24(17-26)19-44-37(47)30-31(39)33(41)35(43)34(42)32(30)40/h5-14,17-18,22,29,36,38,46H,2-4,15-16,19-21H2,1H3,(H,44,47)/t22-,29+,36+,38+/m1/s1. The van der Waals surface area contributed by atoms with E-state index in [9.17, 15) is 31.9 Å². The predicted octanol–water partition coefficient (Wildman–Crippen LogP) is 7.75. The van der Waals surface area contributed by atoms with Gasteiger partial charge in [0.25, 0.3) is 5.91 Å². The number of ether oxygens (including phenoxy) is 2. The maximum atomic E-state index is 14.2. The Balaban J connectivity index is 1.22. The van der Waals surface area contributed by atoms with Gasteiger partial charge in [0.2, 0.25) is 5.82 Å². The number of likely N-dealkylation sites (tertiary alicyclic amines) is 1. The number of benzene rings is 4. The largest absolute Gasteiger partial charge is 0.392 e. The van der Waals surface area contributed by atoms with Crippen molar-refractivity contribution in [3.8, 4) is 11.1 Å². The molecule has 2 aliphatic rings. The van der Waals surface area contributed by atoms with Gasteiger partial charge in [0, 0.05) is 24.6 Å². The lowest BCUT2D eigenvalue weighted by Gasteiger charge is -2.43. The second-order valence-corrected chi connectivity index (χ2v) is 12.6. The van der Waals surface area contributed by atoms with Crippen LogP contribution in [0.5, 0.6) is 0 Å². The lowest BCUT2D eigenvalue weighted by Crippen LogP contribution is -2.45. The number of aliphatic hydroxyl groups excluding tert-OH is 1. The van der Waals surface area contributed by atoms with Gasteiger partial charge >= 0.3 is 0 Å². The Bertz CT molecular complexity index is 1770. The van der Waals surface area contributed by atoms with Gasteiger partial charge in [-0.3, -0.25) is 4.79 Å². The molecule has 258 valence electrons. The van der Waals surface area contributed by atoms with E-state index in [1.807, 2.05) is 54.6 Å². The van der Waals surface area contributed by atoms with Crippen molar-refractivity contribution in [3.05, 3.63) is 130 Å². The number of rotatable bonds is 9. The first-order valence-corrected chi connectivity index (χ1v) is 16.4. The van der Waals surface area contributed by atoms with Gasteiger partial charge in [-0.05, 0) is 65.9 Å². The fourth-order valence-electron chi connectivity index (χ4n) is 6.53. The molecule has 0 aromatic heterocycles. The third-order valence-corrected chi connectivity index (χ3v) is 9.32. The van der Waals surface area contributed by atoms with Crippen molar-refractivity contribution in [3.63, 3.8) is 0 Å². The molecule has 1 amide bonds. The highest BCUT2D eigenvalue weighted by Gasteiger charge is 2.39. The molecule has 49 heavy (non-hydrogen) atoms. The molecule has 6 nitrogen and oxygen atoms in total. The number of aliphatic hydroxyl groups is 1. The Labute approximate surface area is 281 Å². The van der Waals surface area contributed by atoms with Gasteiger partial charge in [0.1, 0.15) is 5.56 Å². The minimum absolute atomic E-state index is 0.0453. The summed E-state index contributed by atoms with van der Waals surface area (Å²) in [4.78, 5) is 14.9. The van der Waals surface area contributed by atoms with Crippen molar-refractivity contribution >= 4 is 5.91 Å². The van der Waals surface area contributed by atoms with E-state index >= 15 is 0 Å². The maximum absolute atomic E-state index is 14.2. The number of hydrogen-bond acceptors (Lipinski definition) is 5. The molecule has 11 heteroatoms. The Morgan fingerprint density at radius 1 is 0.776 bits per heavy atom. The summed E-state index contributed by atoms with van der Waals surface area (Å²) in [6.45, 7) is 4.71. The van der Waals surface area contributed by atoms with Crippen LogP contribution in [0.1, 0.15) is 71.2 Å². The number of nitrogens with zero attached hydrogens (tertiary/aromatic N) is 1. The van der Waals surface area contributed by atoms with E-state index in [4.69, 9.17) is 9.47 Å². The first kappa shape index (κ1) is 34.7. The number of nitrogens with one attached hydrogen (secondary N) is 1. The highest BCUT2D eigenvalue weighted by molar-refractivity contribution is 5.94. The Morgan fingerprint density at radius 2 is 1.41 bits per heavy atom. The minimum Gasteiger partial charge on any atom is -0.392 e. The number of carbonyl (C=O) groups excluding carboxylic acids is 1. The van der Waals surface area contributed by atoms with E-state index in [0.29, 0.717) is 5.56 Å². The normalized spacial score (nSPS) is 21.4. The summed E-state index contributed by atoms with van der Waals surface area (Å²) in [6.07, 6.45) is 2.53. The molecule has 0 unspecified atom stereocenters. The molecule has 0 saturated carbocycles. The Kier molecular flexibility index (Phi) is 10.7. The average molecular weight is 681 g/mol. The topological polar surface area (TPSA) is 71.0 Å². The van der Waals surface area contributed by atoms with Crippen molar-refractivity contribution in [1.82, 2.24) is 10.2 Å². The van der Waals surface area contributed by atoms with Gasteiger partial charge in [0.15, 0.2) is 29.6 Å². The molecule has 4 aromatic carbocycles. The van der Waals surface area contributed by atoms with Crippen LogP contribution in [0, 0.1) is 35.0 Å². The molecule has 6 rings (SSSR count). The second kappa shape index (κ2) is 15.2. The van der Waals surface area contributed by atoms with Crippen molar-refractivity contribution in [2.24, 2.45) is 5.92 Å². The van der Waals surface area contributed by atoms with E-state index in [1.165, 1.54) is 6.42 Å². The summed E-state index contributed by atoms with van der Waals surface area (Å²) < 4.78 is 82.3. The number of halogens is 5. The van der Waals surface area contributed by atoms with Crippen molar-refractivity contribution in [2.45, 2.75) is 57.8 Å². The minimum atomic E-state index is -2.33. The van der Waals surface area contributed by atoms with Crippen LogP contribution >= 0.6 is 0 Å². The van der Waals surface area contributed by atoms with Crippen LogP contribution in [0.3, 0.4) is 0 Å². The van der Waals surface area contributed by atoms with E-state index in [1.54, 1.807) is 18.2 Å². The number of amides is 1. The van der Waals surface area contributed by atoms with E-state index in [2.05, 4.69) is 17.1 Å². The van der Waals surface area contributed by atoms with Crippen LogP contribution in [0.4, 0.5) is 22.0 Å². The Morgan fingerprint density at radius 3 is 2.08 bits per heavy atom. The van der Waals surface area contributed by atoms with Crippen LogP contribution in [0.2, 0.25) is 0 Å². The Hall–Kier alpha value is -4.16. The molecule has 4 aromatic rings. The lowest BCUT2D eigenvalue weighted by molar-refractivity contribution is -0.276. The molecule has 2 saturated heterocycles. The molecule has 0 radical (unpaired) electrons. The molecule has 2 N–H and O–H groups in total. The molecule has 0 spiro atoms. The fourth-order valence-corrected chi connectivity index (χ4v) is 6.53. The highest BCUT2D eigenvalue weighted by Crippen LogP contribution is 2.42. The van der Waals surface area contributed by atoms with Gasteiger partial charge in [-0.25, -0.2) is 22.0 Å². The van der Waals surface area contributed by atoms with Crippen LogP contribution in [-0.2, 0) is 22.6 Å². The van der Waals surface area contributed by atoms with Gasteiger partial charge in [-0.15, -0.1) is 0 Å².